The van der Waals surface area contributed by atoms with E-state index in [1.807, 2.05) is 0 Å². The number of aliphatic hydroxyl groups excluding tert-OH is 2. The van der Waals surface area contributed by atoms with Gasteiger partial charge in [-0.05, 0) is 184 Å². The van der Waals surface area contributed by atoms with Crippen LogP contribution in [0.15, 0.2) is 0 Å². The van der Waals surface area contributed by atoms with E-state index >= 15 is 0 Å². The number of esters is 3. The molecule has 11 heteroatoms. The van der Waals surface area contributed by atoms with Crippen molar-refractivity contribution in [2.24, 2.45) is 92.7 Å². The number of ketones is 1. The molecule has 8 fully saturated rings. The largest absolute Gasteiger partial charge is 0.481 e. The first-order valence-electron chi connectivity index (χ1n) is 25.6. The molecule has 11 nitrogen and oxygen atoms in total. The lowest BCUT2D eigenvalue weighted by atomic mass is 9.43. The molecule has 8 rings (SSSR count). The van der Waals surface area contributed by atoms with Gasteiger partial charge < -0.3 is 29.5 Å². The summed E-state index contributed by atoms with van der Waals surface area (Å²) in [6, 6.07) is 0. The van der Waals surface area contributed by atoms with Crippen LogP contribution >= 0.6 is 0 Å². The molecule has 362 valence electrons. The van der Waals surface area contributed by atoms with Crippen LogP contribution in [0.25, 0.3) is 0 Å². The van der Waals surface area contributed by atoms with Gasteiger partial charge in [0.05, 0.1) is 19.3 Å². The second-order valence-electron chi connectivity index (χ2n) is 23.9. The first kappa shape index (κ1) is 49.4. The van der Waals surface area contributed by atoms with Gasteiger partial charge in [0.2, 0.25) is 0 Å². The number of aliphatic hydroxyl groups is 2. The first-order valence-corrected chi connectivity index (χ1v) is 25.6. The summed E-state index contributed by atoms with van der Waals surface area (Å²) >= 11 is 0. The third kappa shape index (κ3) is 8.86. The van der Waals surface area contributed by atoms with Crippen LogP contribution < -0.4 is 0 Å². The molecule has 0 heterocycles. The van der Waals surface area contributed by atoms with E-state index in [-0.39, 0.29) is 100 Å². The van der Waals surface area contributed by atoms with Crippen molar-refractivity contribution in [3.05, 3.63) is 0 Å². The molecule has 0 aliphatic heterocycles. The molecule has 0 aromatic carbocycles. The monoisotopic (exact) mass is 897 g/mol. The number of hydrogen-bond acceptors (Lipinski definition) is 10. The molecule has 64 heavy (non-hydrogen) atoms. The van der Waals surface area contributed by atoms with E-state index in [4.69, 9.17) is 19.3 Å². The smallest absolute Gasteiger partial charge is 0.305 e. The van der Waals surface area contributed by atoms with Gasteiger partial charge in [0.15, 0.2) is 0 Å². The molecule has 0 spiro atoms. The third-order valence-corrected chi connectivity index (χ3v) is 21.1. The summed E-state index contributed by atoms with van der Waals surface area (Å²) in [5, 5.41) is 30.5. The predicted molar refractivity (Wildman–Crippen MR) is 241 cm³/mol. The zero-order valence-corrected chi connectivity index (χ0v) is 40.8. The van der Waals surface area contributed by atoms with Gasteiger partial charge in [-0.15, -0.1) is 0 Å². The third-order valence-electron chi connectivity index (χ3n) is 21.1. The van der Waals surface area contributed by atoms with Gasteiger partial charge in [0.25, 0.3) is 0 Å². The Hall–Kier alpha value is -2.53. The molecular weight excluding hydrogens is 813 g/mol. The van der Waals surface area contributed by atoms with Crippen molar-refractivity contribution in [1.82, 2.24) is 0 Å². The lowest BCUT2D eigenvalue weighted by molar-refractivity contribution is -0.196. The number of hydrogen-bond donors (Lipinski definition) is 3. The topological polar surface area (TPSA) is 174 Å². The van der Waals surface area contributed by atoms with Crippen LogP contribution in [0.3, 0.4) is 0 Å². The Bertz CT molecular complexity index is 1750. The Balaban J connectivity index is 0.000000197. The maximum atomic E-state index is 14.0. The van der Waals surface area contributed by atoms with Crippen molar-refractivity contribution in [1.29, 1.82) is 0 Å². The second-order valence-corrected chi connectivity index (χ2v) is 23.9. The fourth-order valence-corrected chi connectivity index (χ4v) is 17.9. The normalized spacial score (nSPS) is 46.5. The number of methoxy groups -OCH3 is 1. The van der Waals surface area contributed by atoms with Crippen molar-refractivity contribution in [2.75, 3.05) is 7.11 Å². The zero-order valence-electron chi connectivity index (χ0n) is 40.8. The van der Waals surface area contributed by atoms with Crippen molar-refractivity contribution >= 4 is 29.7 Å². The summed E-state index contributed by atoms with van der Waals surface area (Å²) in [6.07, 6.45) is 15.6. The lowest BCUT2D eigenvalue weighted by Gasteiger charge is -2.62. The number of carbonyl (C=O) groups is 5. The molecule has 8 aliphatic rings. The van der Waals surface area contributed by atoms with E-state index in [2.05, 4.69) is 41.5 Å². The van der Waals surface area contributed by atoms with Crippen molar-refractivity contribution < 1.29 is 53.5 Å². The van der Waals surface area contributed by atoms with Crippen LogP contribution in [-0.2, 0) is 38.2 Å². The zero-order chi connectivity index (χ0) is 46.7. The Morgan fingerprint density at radius 2 is 1.23 bits per heavy atom. The minimum Gasteiger partial charge on any atom is -0.481 e. The highest BCUT2D eigenvalue weighted by Crippen LogP contribution is 2.70. The van der Waals surface area contributed by atoms with Gasteiger partial charge in [-0.2, -0.15) is 0 Å². The number of fused-ring (bicyclic) bond motifs is 10. The second kappa shape index (κ2) is 18.9. The molecule has 0 amide bonds. The predicted octanol–water partition coefficient (Wildman–Crippen LogP) is 9.36. The minimum atomic E-state index is -0.684. The van der Waals surface area contributed by atoms with E-state index in [1.165, 1.54) is 46.6 Å². The summed E-state index contributed by atoms with van der Waals surface area (Å²) in [5.41, 5.74) is 0.0195. The highest BCUT2D eigenvalue weighted by Gasteiger charge is 2.67. The number of Topliss-reactive ketones (excluding diaryl/α,β-unsaturated/α-hetero) is 1. The Kier molecular flexibility index (Phi) is 14.6. The Morgan fingerprint density at radius 1 is 0.656 bits per heavy atom. The van der Waals surface area contributed by atoms with Gasteiger partial charge >= 0.3 is 23.9 Å². The van der Waals surface area contributed by atoms with Gasteiger partial charge in [-0.1, -0.05) is 41.5 Å². The summed E-state index contributed by atoms with van der Waals surface area (Å²) in [7, 11) is 1.41. The molecule has 0 aromatic rings. The summed E-state index contributed by atoms with van der Waals surface area (Å²) in [6.45, 7) is 16.7. The minimum absolute atomic E-state index is 0.0382. The van der Waals surface area contributed by atoms with Crippen molar-refractivity contribution in [3.8, 4) is 0 Å². The fourth-order valence-electron chi connectivity index (χ4n) is 17.9. The molecule has 20 atom stereocenters. The lowest BCUT2D eigenvalue weighted by Crippen LogP contribution is -2.62. The molecule has 3 N–H and O–H groups in total. The van der Waals surface area contributed by atoms with E-state index < -0.39 is 11.4 Å². The first-order chi connectivity index (χ1) is 30.1. The van der Waals surface area contributed by atoms with Gasteiger partial charge in [0.1, 0.15) is 18.0 Å². The van der Waals surface area contributed by atoms with Crippen molar-refractivity contribution in [2.45, 2.75) is 202 Å². The molecule has 8 aliphatic carbocycles. The quantitative estimate of drug-likeness (QED) is 0.141. The van der Waals surface area contributed by atoms with E-state index in [1.54, 1.807) is 0 Å². The molecular formula is C53H84O11. The van der Waals surface area contributed by atoms with Crippen LogP contribution in [0.5, 0.6) is 0 Å². The van der Waals surface area contributed by atoms with Gasteiger partial charge in [-0.25, -0.2) is 0 Å². The van der Waals surface area contributed by atoms with Gasteiger partial charge in [0, 0.05) is 44.4 Å². The van der Waals surface area contributed by atoms with E-state index in [0.29, 0.717) is 60.6 Å². The number of carbonyl (C=O) groups excluding carboxylic acids is 4. The molecule has 0 bridgehead atoms. The van der Waals surface area contributed by atoms with Crippen LogP contribution in [-0.4, -0.2) is 76.5 Å². The maximum Gasteiger partial charge on any atom is 0.305 e. The molecule has 8 saturated carbocycles. The fraction of sp³-hybridized carbons (Fsp3) is 0.906. The Morgan fingerprint density at radius 3 is 1.91 bits per heavy atom. The average molecular weight is 897 g/mol. The SMILES string of the molecule is COC(=O)CC[C@@H](C)[C@H]1CC[C@H]2[C@@H]3[C@H](OC(C)=O)C[C@@H]4C[C@H](OC(C)=O)CC[C@]4(C)[C@H]3CC(=O)[C@]12C.C[C@H](CCC(=O)O)[C@H]1CC[C@H]2[C@@H]3[C@H](O)C[C@@H]4C[C@H](O)CC[C@]4(C)[C@H]3CC[C@]12C. The summed E-state index contributed by atoms with van der Waals surface area (Å²) in [5.74, 6) is 3.14. The Labute approximate surface area is 383 Å². The number of carboxylic acid groups (broad SMARTS) is 1. The molecule has 0 aromatic heterocycles. The van der Waals surface area contributed by atoms with Crippen LogP contribution in [0.4, 0.5) is 0 Å². The number of ether oxygens (including phenoxy) is 3. The molecule has 0 unspecified atom stereocenters. The number of rotatable bonds is 10. The number of carboxylic acids is 1. The van der Waals surface area contributed by atoms with Crippen molar-refractivity contribution in [3.63, 3.8) is 0 Å². The van der Waals surface area contributed by atoms with E-state index in [0.717, 1.165) is 70.6 Å². The van der Waals surface area contributed by atoms with Crippen LogP contribution in [0, 0.1) is 92.7 Å². The van der Waals surface area contributed by atoms with E-state index in [9.17, 15) is 34.2 Å². The maximum absolute atomic E-state index is 14.0. The highest BCUT2D eigenvalue weighted by atomic mass is 16.5. The highest BCUT2D eigenvalue weighted by molar-refractivity contribution is 5.87. The van der Waals surface area contributed by atoms with Gasteiger partial charge in [-0.3, -0.25) is 24.0 Å². The van der Waals surface area contributed by atoms with Crippen LogP contribution in [0.2, 0.25) is 0 Å². The summed E-state index contributed by atoms with van der Waals surface area (Å²) < 4.78 is 16.5. The molecule has 0 radical (unpaired) electrons. The molecule has 0 saturated heterocycles. The van der Waals surface area contributed by atoms with Crippen LogP contribution in [0.1, 0.15) is 177 Å². The standard InChI is InChI=1S/C29H44O7.C24H40O4/c1-16(7-10-26(33)34-6)21-8-9-22-27-23(15-25(32)29(21,22)5)28(4)12-11-20(35-17(2)30)13-19(28)14-24(27)36-18(3)31;1-14(4-7-21(27)28)17-5-6-18-22-19(9-11-24(17,18)3)23(2)10-8-16(25)12-15(23)13-20(22)26/h16,19-24,27H,7-15H2,1-6H3;14-20,22,25-26H,4-13H2,1-3H3,(H,27,28)/t16-,19+,20-,21-,22+,23+,24-,27+,28+,29-;14-,15+,16-,17-,18+,19+,20-,22+,23+,24-/m11/s1. The summed E-state index contributed by atoms with van der Waals surface area (Å²) in [4.78, 5) is 60.7. The number of aliphatic carboxylic acids is 1. The average Bonchev–Trinajstić information content (AvgIpc) is 3.78.